The van der Waals surface area contributed by atoms with Crippen molar-refractivity contribution in [3.63, 3.8) is 0 Å². The van der Waals surface area contributed by atoms with Crippen molar-refractivity contribution in [2.45, 2.75) is 44.2 Å². The smallest absolute Gasteiger partial charge is 0.239 e. The molecule has 0 N–H and O–H groups in total. The number of piperidine rings is 1. The van der Waals surface area contributed by atoms with Crippen molar-refractivity contribution in [2.24, 2.45) is 0 Å². The SMILES string of the molecule is CN1CC[C@H](N2CCC(OCCN3CCCC3)CC2)C1=O. The van der Waals surface area contributed by atoms with E-state index in [-0.39, 0.29) is 6.04 Å². The van der Waals surface area contributed by atoms with E-state index in [2.05, 4.69) is 9.80 Å². The van der Waals surface area contributed by atoms with E-state index in [1.807, 2.05) is 11.9 Å². The molecule has 3 heterocycles. The number of carbonyl (C=O) groups is 1. The monoisotopic (exact) mass is 295 g/mol. The standard InChI is InChI=1S/C16H29N3O2/c1-17-9-6-15(16(17)20)19-10-4-14(5-11-19)21-13-12-18-7-2-3-8-18/h14-15H,2-13H2,1H3/t15-/m0/s1. The first kappa shape index (κ1) is 15.3. The van der Waals surface area contributed by atoms with E-state index < -0.39 is 0 Å². The summed E-state index contributed by atoms with van der Waals surface area (Å²) in [4.78, 5) is 18.8. The summed E-state index contributed by atoms with van der Waals surface area (Å²) in [5.74, 6) is 0.309. The molecule has 0 bridgehead atoms. The van der Waals surface area contributed by atoms with Gasteiger partial charge in [0.25, 0.3) is 0 Å². The average molecular weight is 295 g/mol. The topological polar surface area (TPSA) is 36.0 Å². The van der Waals surface area contributed by atoms with Gasteiger partial charge in [-0.2, -0.15) is 0 Å². The van der Waals surface area contributed by atoms with Crippen LogP contribution in [0.2, 0.25) is 0 Å². The molecule has 21 heavy (non-hydrogen) atoms. The van der Waals surface area contributed by atoms with Crippen molar-refractivity contribution in [1.29, 1.82) is 0 Å². The number of ether oxygens (including phenoxy) is 1. The van der Waals surface area contributed by atoms with Gasteiger partial charge in [-0.25, -0.2) is 0 Å². The Labute approximate surface area is 128 Å². The minimum Gasteiger partial charge on any atom is -0.377 e. The lowest BCUT2D eigenvalue weighted by atomic mass is 10.0. The van der Waals surface area contributed by atoms with Gasteiger partial charge in [0.2, 0.25) is 5.91 Å². The highest BCUT2D eigenvalue weighted by Crippen LogP contribution is 2.22. The van der Waals surface area contributed by atoms with Gasteiger partial charge in [-0.1, -0.05) is 0 Å². The second kappa shape index (κ2) is 7.07. The molecule has 0 aliphatic carbocycles. The van der Waals surface area contributed by atoms with Gasteiger partial charge >= 0.3 is 0 Å². The first-order valence-electron chi connectivity index (χ1n) is 8.57. The van der Waals surface area contributed by atoms with E-state index in [9.17, 15) is 4.79 Å². The zero-order chi connectivity index (χ0) is 14.7. The number of carbonyl (C=O) groups excluding carboxylic acids is 1. The van der Waals surface area contributed by atoms with Crippen LogP contribution >= 0.6 is 0 Å². The number of likely N-dealkylation sites (tertiary alicyclic amines) is 3. The average Bonchev–Trinajstić information content (AvgIpc) is 3.12. The lowest BCUT2D eigenvalue weighted by molar-refractivity contribution is -0.132. The van der Waals surface area contributed by atoms with Crippen LogP contribution in [0, 0.1) is 0 Å². The molecule has 0 aromatic carbocycles. The van der Waals surface area contributed by atoms with Crippen LogP contribution in [0.5, 0.6) is 0 Å². The number of amides is 1. The van der Waals surface area contributed by atoms with E-state index in [1.165, 1.54) is 25.9 Å². The maximum atomic E-state index is 12.1. The highest BCUT2D eigenvalue weighted by atomic mass is 16.5. The fourth-order valence-corrected chi connectivity index (χ4v) is 3.85. The molecule has 0 saturated carbocycles. The van der Waals surface area contributed by atoms with Crippen molar-refractivity contribution in [3.05, 3.63) is 0 Å². The minimum absolute atomic E-state index is 0.139. The Bertz CT molecular complexity index is 349. The van der Waals surface area contributed by atoms with Gasteiger partial charge in [0.05, 0.1) is 18.8 Å². The van der Waals surface area contributed by atoms with Crippen LogP contribution in [0.25, 0.3) is 0 Å². The van der Waals surface area contributed by atoms with E-state index in [4.69, 9.17) is 4.74 Å². The molecular formula is C16H29N3O2. The number of likely N-dealkylation sites (N-methyl/N-ethyl adjacent to an activating group) is 1. The summed E-state index contributed by atoms with van der Waals surface area (Å²) >= 11 is 0. The molecule has 3 fully saturated rings. The van der Waals surface area contributed by atoms with Gasteiger partial charge in [0.15, 0.2) is 0 Å². The van der Waals surface area contributed by atoms with Crippen molar-refractivity contribution in [2.75, 3.05) is 52.9 Å². The maximum absolute atomic E-state index is 12.1. The van der Waals surface area contributed by atoms with E-state index >= 15 is 0 Å². The molecule has 3 aliphatic heterocycles. The molecule has 3 saturated heterocycles. The molecule has 3 aliphatic rings. The first-order chi connectivity index (χ1) is 10.2. The summed E-state index contributed by atoms with van der Waals surface area (Å²) < 4.78 is 6.04. The molecule has 0 unspecified atom stereocenters. The van der Waals surface area contributed by atoms with Crippen molar-refractivity contribution < 1.29 is 9.53 Å². The van der Waals surface area contributed by atoms with Gasteiger partial charge in [-0.15, -0.1) is 0 Å². The minimum atomic E-state index is 0.139. The Morgan fingerprint density at radius 3 is 2.38 bits per heavy atom. The largest absolute Gasteiger partial charge is 0.377 e. The molecule has 0 aromatic rings. The molecule has 0 radical (unpaired) electrons. The molecule has 3 rings (SSSR count). The van der Waals surface area contributed by atoms with E-state index in [0.717, 1.165) is 52.0 Å². The third kappa shape index (κ3) is 3.76. The Balaban J connectivity index is 1.34. The van der Waals surface area contributed by atoms with E-state index in [1.54, 1.807) is 0 Å². The predicted octanol–water partition coefficient (Wildman–Crippen LogP) is 0.794. The summed E-state index contributed by atoms with van der Waals surface area (Å²) in [7, 11) is 1.91. The maximum Gasteiger partial charge on any atom is 0.239 e. The summed E-state index contributed by atoms with van der Waals surface area (Å²) in [6, 6.07) is 0.139. The van der Waals surface area contributed by atoms with Gasteiger partial charge in [-0.05, 0) is 45.2 Å². The molecule has 1 atom stereocenters. The van der Waals surface area contributed by atoms with Gasteiger partial charge < -0.3 is 14.5 Å². The molecule has 120 valence electrons. The zero-order valence-electron chi connectivity index (χ0n) is 13.3. The van der Waals surface area contributed by atoms with Gasteiger partial charge in [0.1, 0.15) is 0 Å². The normalized spacial score (nSPS) is 29.7. The van der Waals surface area contributed by atoms with E-state index in [0.29, 0.717) is 12.0 Å². The number of hydrogen-bond acceptors (Lipinski definition) is 4. The molecule has 5 nitrogen and oxygen atoms in total. The van der Waals surface area contributed by atoms with Crippen LogP contribution in [0.15, 0.2) is 0 Å². The number of hydrogen-bond donors (Lipinski definition) is 0. The molecule has 5 heteroatoms. The van der Waals surface area contributed by atoms with Crippen molar-refractivity contribution in [3.8, 4) is 0 Å². The molecule has 1 amide bonds. The van der Waals surface area contributed by atoms with Crippen LogP contribution < -0.4 is 0 Å². The lowest BCUT2D eigenvalue weighted by Crippen LogP contribution is -2.46. The Morgan fingerprint density at radius 1 is 1.05 bits per heavy atom. The van der Waals surface area contributed by atoms with Crippen LogP contribution in [-0.2, 0) is 9.53 Å². The summed E-state index contributed by atoms with van der Waals surface area (Å²) in [5, 5.41) is 0. The number of rotatable bonds is 5. The second-order valence-electron chi connectivity index (χ2n) is 6.72. The Hall–Kier alpha value is -0.650. The van der Waals surface area contributed by atoms with Crippen LogP contribution in [0.3, 0.4) is 0 Å². The lowest BCUT2D eigenvalue weighted by Gasteiger charge is -2.35. The summed E-state index contributed by atoms with van der Waals surface area (Å²) in [6.45, 7) is 7.40. The summed E-state index contributed by atoms with van der Waals surface area (Å²) in [5.41, 5.74) is 0. The molecular weight excluding hydrogens is 266 g/mol. The molecule has 0 spiro atoms. The number of nitrogens with zero attached hydrogens (tertiary/aromatic N) is 3. The third-order valence-corrected chi connectivity index (χ3v) is 5.28. The molecule has 0 aromatic heterocycles. The van der Waals surface area contributed by atoms with Crippen LogP contribution in [0.1, 0.15) is 32.1 Å². The predicted molar refractivity (Wildman–Crippen MR) is 82.3 cm³/mol. The van der Waals surface area contributed by atoms with Crippen molar-refractivity contribution in [1.82, 2.24) is 14.7 Å². The fourth-order valence-electron chi connectivity index (χ4n) is 3.85. The Morgan fingerprint density at radius 2 is 1.76 bits per heavy atom. The van der Waals surface area contributed by atoms with Gasteiger partial charge in [0, 0.05) is 33.2 Å². The zero-order valence-corrected chi connectivity index (χ0v) is 13.3. The summed E-state index contributed by atoms with van der Waals surface area (Å²) in [6.07, 6.45) is 6.25. The fraction of sp³-hybridized carbons (Fsp3) is 0.938. The highest BCUT2D eigenvalue weighted by molar-refractivity contribution is 5.83. The second-order valence-corrected chi connectivity index (χ2v) is 6.72. The van der Waals surface area contributed by atoms with Crippen LogP contribution in [-0.4, -0.2) is 85.7 Å². The Kier molecular flexibility index (Phi) is 5.14. The van der Waals surface area contributed by atoms with Crippen LogP contribution in [0.4, 0.5) is 0 Å². The van der Waals surface area contributed by atoms with Gasteiger partial charge in [-0.3, -0.25) is 9.69 Å². The first-order valence-corrected chi connectivity index (χ1v) is 8.57. The van der Waals surface area contributed by atoms with Crippen molar-refractivity contribution >= 4 is 5.91 Å². The third-order valence-electron chi connectivity index (χ3n) is 5.28. The highest BCUT2D eigenvalue weighted by Gasteiger charge is 2.35. The quantitative estimate of drug-likeness (QED) is 0.751.